The molecule has 2 aromatic carbocycles. The molecule has 0 radical (unpaired) electrons. The Morgan fingerprint density at radius 2 is 1.77 bits per heavy atom. The highest BCUT2D eigenvalue weighted by Gasteiger charge is 2.19. The van der Waals surface area contributed by atoms with Crippen LogP contribution in [-0.4, -0.2) is 23.5 Å². The van der Waals surface area contributed by atoms with Gasteiger partial charge in [0.15, 0.2) is 0 Å². The molecule has 0 unspecified atom stereocenters. The number of aryl methyl sites for hydroxylation is 1. The molecule has 3 rings (SSSR count). The predicted octanol–water partition coefficient (Wildman–Crippen LogP) is 7.15. The van der Waals surface area contributed by atoms with Gasteiger partial charge in [-0.15, -0.1) is 11.3 Å². The van der Waals surface area contributed by atoms with Crippen molar-refractivity contribution in [2.24, 2.45) is 0 Å². The zero-order valence-corrected chi connectivity index (χ0v) is 22.0. The molecule has 0 bridgehead atoms. The Hall–Kier alpha value is -3.12. The molecule has 0 aliphatic heterocycles. The van der Waals surface area contributed by atoms with Gasteiger partial charge in [0.25, 0.3) is 5.91 Å². The highest BCUT2D eigenvalue weighted by atomic mass is 32.1. The lowest BCUT2D eigenvalue weighted by Gasteiger charge is -2.20. The summed E-state index contributed by atoms with van der Waals surface area (Å²) in [6.07, 6.45) is 1.53. The van der Waals surface area contributed by atoms with Crippen LogP contribution in [0.5, 0.6) is 5.75 Å². The number of carboxylic acid groups (broad SMARTS) is 1. The number of carbonyl (C=O) groups excluding carboxylic acids is 1. The fourth-order valence-corrected chi connectivity index (χ4v) is 4.88. The largest absolute Gasteiger partial charge is 0.485 e. The third-order valence-corrected chi connectivity index (χ3v) is 7.06. The van der Waals surface area contributed by atoms with E-state index in [1.54, 1.807) is 6.07 Å². The second kappa shape index (κ2) is 11.5. The monoisotopic (exact) mass is 493 g/mol. The molecule has 0 saturated carbocycles. The van der Waals surface area contributed by atoms with Crippen molar-refractivity contribution in [2.75, 3.05) is 6.54 Å². The number of aliphatic carboxylic acids is 1. The van der Waals surface area contributed by atoms with E-state index in [0.717, 1.165) is 29.0 Å². The van der Waals surface area contributed by atoms with Crippen LogP contribution >= 0.6 is 11.3 Å². The van der Waals surface area contributed by atoms with Gasteiger partial charge in [-0.3, -0.25) is 9.59 Å². The highest BCUT2D eigenvalue weighted by molar-refractivity contribution is 7.14. The van der Waals surface area contributed by atoms with Crippen LogP contribution in [0.2, 0.25) is 0 Å². The predicted molar refractivity (Wildman–Crippen MR) is 142 cm³/mol. The first-order chi connectivity index (χ1) is 16.6. The Balaban J connectivity index is 1.73. The minimum absolute atomic E-state index is 0.0956. The molecule has 5 nitrogen and oxygen atoms in total. The minimum Gasteiger partial charge on any atom is -0.485 e. The van der Waals surface area contributed by atoms with Gasteiger partial charge < -0.3 is 15.2 Å². The van der Waals surface area contributed by atoms with Crippen LogP contribution in [0.1, 0.15) is 78.7 Å². The molecule has 1 aromatic heterocycles. The van der Waals surface area contributed by atoms with E-state index in [4.69, 9.17) is 9.84 Å². The van der Waals surface area contributed by atoms with Crippen LogP contribution < -0.4 is 10.1 Å². The SMILES string of the molecule is CCC[C@@H](Oc1ccc(-c2ccc(C(C)(C)C)cc2)c(C)c1)c1ccc(C(=O)NCCC(=O)O)s1. The summed E-state index contributed by atoms with van der Waals surface area (Å²) in [7, 11) is 0. The molecule has 6 heteroatoms. The van der Waals surface area contributed by atoms with Crippen molar-refractivity contribution in [1.82, 2.24) is 5.32 Å². The van der Waals surface area contributed by atoms with Crippen molar-refractivity contribution in [1.29, 1.82) is 0 Å². The zero-order chi connectivity index (χ0) is 25.6. The minimum atomic E-state index is -0.934. The Morgan fingerprint density at radius 1 is 1.06 bits per heavy atom. The number of carboxylic acids is 1. The van der Waals surface area contributed by atoms with Crippen molar-refractivity contribution >= 4 is 23.2 Å². The van der Waals surface area contributed by atoms with Gasteiger partial charge in [-0.25, -0.2) is 0 Å². The molecule has 1 atom stereocenters. The van der Waals surface area contributed by atoms with Crippen molar-refractivity contribution in [3.8, 4) is 16.9 Å². The maximum Gasteiger partial charge on any atom is 0.305 e. The molecule has 0 saturated heterocycles. The van der Waals surface area contributed by atoms with Crippen LogP contribution in [0.4, 0.5) is 0 Å². The van der Waals surface area contributed by atoms with Gasteiger partial charge in [-0.05, 0) is 65.3 Å². The van der Waals surface area contributed by atoms with Gasteiger partial charge in [0.05, 0.1) is 11.3 Å². The maximum absolute atomic E-state index is 12.3. The van der Waals surface area contributed by atoms with E-state index in [2.05, 4.69) is 76.3 Å². The Labute approximate surface area is 212 Å². The Kier molecular flexibility index (Phi) is 8.73. The van der Waals surface area contributed by atoms with Crippen LogP contribution in [0.25, 0.3) is 11.1 Å². The molecular weight excluding hydrogens is 458 g/mol. The van der Waals surface area contributed by atoms with Crippen LogP contribution in [0, 0.1) is 6.92 Å². The first kappa shape index (κ1) is 26.5. The van der Waals surface area contributed by atoms with E-state index in [1.165, 1.54) is 28.0 Å². The summed E-state index contributed by atoms with van der Waals surface area (Å²) < 4.78 is 6.38. The third-order valence-electron chi connectivity index (χ3n) is 5.88. The fraction of sp³-hybridized carbons (Fsp3) is 0.379. The topological polar surface area (TPSA) is 75.6 Å². The summed E-state index contributed by atoms with van der Waals surface area (Å²) in [5.74, 6) is -0.385. The van der Waals surface area contributed by atoms with Crippen LogP contribution in [-0.2, 0) is 10.2 Å². The van der Waals surface area contributed by atoms with E-state index in [-0.39, 0.29) is 30.4 Å². The quantitative estimate of drug-likeness (QED) is 0.315. The van der Waals surface area contributed by atoms with Crippen molar-refractivity contribution < 1.29 is 19.4 Å². The summed E-state index contributed by atoms with van der Waals surface area (Å²) in [5.41, 5.74) is 4.95. The van der Waals surface area contributed by atoms with Gasteiger partial charge >= 0.3 is 5.97 Å². The molecule has 186 valence electrons. The summed E-state index contributed by atoms with van der Waals surface area (Å²) in [5, 5.41) is 11.4. The molecule has 2 N–H and O–H groups in total. The molecule has 1 amide bonds. The number of rotatable bonds is 10. The van der Waals surface area contributed by atoms with Crippen LogP contribution in [0.15, 0.2) is 54.6 Å². The van der Waals surface area contributed by atoms with Gasteiger partial charge in [-0.2, -0.15) is 0 Å². The first-order valence-electron chi connectivity index (χ1n) is 12.1. The molecule has 0 aliphatic carbocycles. The number of nitrogens with one attached hydrogen (secondary N) is 1. The van der Waals surface area contributed by atoms with Crippen molar-refractivity contribution in [3.05, 3.63) is 75.5 Å². The van der Waals surface area contributed by atoms with Gasteiger partial charge in [0.2, 0.25) is 0 Å². The molecule has 0 aliphatic rings. The summed E-state index contributed by atoms with van der Waals surface area (Å²) in [6, 6.07) is 18.6. The number of hydrogen-bond acceptors (Lipinski definition) is 4. The standard InChI is InChI=1S/C29H35NO4S/c1-6-7-24(25-14-15-26(35-25)28(33)30-17-16-27(31)32)34-22-12-13-23(19(2)18-22)20-8-10-21(11-9-20)29(3,4)5/h8-15,18,24H,6-7,16-17H2,1-5H3,(H,30,33)(H,31,32)/t24-/m1/s1. The summed E-state index contributed by atoms with van der Waals surface area (Å²) in [6.45, 7) is 11.0. The number of carbonyl (C=O) groups is 2. The number of hydrogen-bond donors (Lipinski definition) is 2. The maximum atomic E-state index is 12.3. The number of benzene rings is 2. The molecule has 0 fully saturated rings. The van der Waals surface area contributed by atoms with E-state index in [0.29, 0.717) is 4.88 Å². The average Bonchev–Trinajstić information content (AvgIpc) is 3.29. The lowest BCUT2D eigenvalue weighted by atomic mass is 9.86. The summed E-state index contributed by atoms with van der Waals surface area (Å²) in [4.78, 5) is 24.5. The van der Waals surface area contributed by atoms with E-state index in [1.807, 2.05) is 12.1 Å². The molecular formula is C29H35NO4S. The first-order valence-corrected chi connectivity index (χ1v) is 12.9. The van der Waals surface area contributed by atoms with Gasteiger partial charge in [0.1, 0.15) is 11.9 Å². The number of amides is 1. The molecule has 3 aromatic rings. The third kappa shape index (κ3) is 7.18. The molecule has 35 heavy (non-hydrogen) atoms. The van der Waals surface area contributed by atoms with Crippen molar-refractivity contribution in [3.63, 3.8) is 0 Å². The van der Waals surface area contributed by atoms with Gasteiger partial charge in [-0.1, -0.05) is 64.4 Å². The average molecular weight is 494 g/mol. The fourth-order valence-electron chi connectivity index (χ4n) is 3.89. The smallest absolute Gasteiger partial charge is 0.305 e. The zero-order valence-electron chi connectivity index (χ0n) is 21.2. The Morgan fingerprint density at radius 3 is 2.37 bits per heavy atom. The van der Waals surface area contributed by atoms with Crippen LogP contribution in [0.3, 0.4) is 0 Å². The number of ether oxygens (including phenoxy) is 1. The lowest BCUT2D eigenvalue weighted by Crippen LogP contribution is -2.25. The van der Waals surface area contributed by atoms with Crippen molar-refractivity contribution in [2.45, 2.75) is 65.4 Å². The van der Waals surface area contributed by atoms with Gasteiger partial charge in [0, 0.05) is 11.4 Å². The highest BCUT2D eigenvalue weighted by Crippen LogP contribution is 2.34. The normalized spacial score (nSPS) is 12.3. The van der Waals surface area contributed by atoms with E-state index >= 15 is 0 Å². The number of thiophene rings is 1. The second-order valence-corrected chi connectivity index (χ2v) is 10.9. The molecule has 1 heterocycles. The van der Waals surface area contributed by atoms with E-state index in [9.17, 15) is 9.59 Å². The second-order valence-electron chi connectivity index (χ2n) is 9.80. The molecule has 0 spiro atoms. The Bertz CT molecular complexity index is 1160. The summed E-state index contributed by atoms with van der Waals surface area (Å²) >= 11 is 1.39. The lowest BCUT2D eigenvalue weighted by molar-refractivity contribution is -0.136. The van der Waals surface area contributed by atoms with E-state index < -0.39 is 5.97 Å².